The molecule has 2 N–H and O–H groups in total. The molecule has 0 unspecified atom stereocenters. The molecule has 0 atom stereocenters. The van der Waals surface area contributed by atoms with Gasteiger partial charge in [-0.3, -0.25) is 0 Å². The monoisotopic (exact) mass is 158 g/mol. The van der Waals surface area contributed by atoms with Crippen molar-refractivity contribution in [3.05, 3.63) is 35.6 Å². The lowest BCUT2D eigenvalue weighted by molar-refractivity contribution is 0.627. The predicted octanol–water partition coefficient (Wildman–Crippen LogP) is 2.34. The average Bonchev–Trinajstić information content (AvgIpc) is 2.00. The van der Waals surface area contributed by atoms with Gasteiger partial charge in [-0.15, -0.1) is 0 Å². The number of rotatable bonds is 0. The zero-order valence-electron chi connectivity index (χ0n) is 7.19. The molecule has 0 radical (unpaired) electrons. The van der Waals surface area contributed by atoms with Crippen molar-refractivity contribution in [3.8, 4) is 0 Å². The maximum Gasteiger partial charge on any atom is 0.123 e. The lowest BCUT2D eigenvalue weighted by Crippen LogP contribution is -1.71. The summed E-state index contributed by atoms with van der Waals surface area (Å²) in [7, 11) is 0. The minimum atomic E-state index is -0.171. The molecule has 2 heteroatoms. The first-order valence-corrected chi connectivity index (χ1v) is 3.51. The normalized spacial score (nSPS) is 7.27. The molecule has 1 rings (SSSR count). The van der Waals surface area contributed by atoms with Gasteiger partial charge in [0.2, 0.25) is 0 Å². The molecule has 1 aromatic carbocycles. The second-order valence-electron chi connectivity index (χ2n) is 1.80. The Bertz CT molecular complexity index is 148. The fourth-order valence-electron chi connectivity index (χ4n) is 0.533. The van der Waals surface area contributed by atoms with Gasteiger partial charge in [-0.25, -0.2) is 4.39 Å². The first-order chi connectivity index (χ1) is 4.79. The Balaban J connectivity index is 0. The van der Waals surface area contributed by atoms with Crippen molar-refractivity contribution >= 4 is 0 Å². The van der Waals surface area contributed by atoms with Gasteiger partial charge in [0, 0.05) is 0 Å². The number of hydrogen-bond acceptors (Lipinski definition) is 0. The van der Waals surface area contributed by atoms with Crippen LogP contribution in [0.2, 0.25) is 0 Å². The number of aryl methyl sites for hydroxylation is 1. The lowest BCUT2D eigenvalue weighted by atomic mass is 10.2. The molecular weight excluding hydrogens is 143 g/mol. The molecular formula is C9H15FO. The molecule has 0 aromatic heterocycles. The van der Waals surface area contributed by atoms with Gasteiger partial charge in [-0.05, 0) is 19.1 Å². The minimum Gasteiger partial charge on any atom is -0.412 e. The Labute approximate surface area is 67.2 Å². The highest BCUT2D eigenvalue weighted by atomic mass is 19.1. The van der Waals surface area contributed by atoms with E-state index in [0.29, 0.717) is 0 Å². The molecule has 0 fully saturated rings. The van der Waals surface area contributed by atoms with Crippen LogP contribution in [0.1, 0.15) is 19.4 Å². The van der Waals surface area contributed by atoms with Crippen molar-refractivity contribution in [3.63, 3.8) is 0 Å². The Morgan fingerprint density at radius 1 is 1.00 bits per heavy atom. The lowest BCUT2D eigenvalue weighted by Gasteiger charge is -1.87. The average molecular weight is 158 g/mol. The first-order valence-electron chi connectivity index (χ1n) is 3.51. The zero-order chi connectivity index (χ0) is 7.98. The van der Waals surface area contributed by atoms with E-state index in [0.717, 1.165) is 5.56 Å². The van der Waals surface area contributed by atoms with Gasteiger partial charge in [0.1, 0.15) is 5.82 Å². The third-order valence-electron chi connectivity index (χ3n) is 1.01. The second kappa shape index (κ2) is 7.22. The molecule has 64 valence electrons. The van der Waals surface area contributed by atoms with Crippen LogP contribution in [0, 0.1) is 12.7 Å². The van der Waals surface area contributed by atoms with Gasteiger partial charge < -0.3 is 5.48 Å². The van der Waals surface area contributed by atoms with Crippen LogP contribution >= 0.6 is 0 Å². The number of halogens is 1. The van der Waals surface area contributed by atoms with Crippen LogP contribution in [-0.2, 0) is 0 Å². The van der Waals surface area contributed by atoms with Gasteiger partial charge in [0.05, 0.1) is 0 Å². The topological polar surface area (TPSA) is 31.5 Å². The molecule has 0 aliphatic heterocycles. The van der Waals surface area contributed by atoms with Crippen molar-refractivity contribution in [2.75, 3.05) is 0 Å². The Morgan fingerprint density at radius 2 is 1.36 bits per heavy atom. The molecule has 11 heavy (non-hydrogen) atoms. The third-order valence-corrected chi connectivity index (χ3v) is 1.01. The summed E-state index contributed by atoms with van der Waals surface area (Å²) in [5.74, 6) is -0.171. The summed E-state index contributed by atoms with van der Waals surface area (Å²) in [4.78, 5) is 0. The molecule has 0 saturated heterocycles. The van der Waals surface area contributed by atoms with E-state index in [9.17, 15) is 4.39 Å². The van der Waals surface area contributed by atoms with Crippen LogP contribution in [0.4, 0.5) is 4.39 Å². The van der Waals surface area contributed by atoms with E-state index >= 15 is 0 Å². The number of hydrogen-bond donors (Lipinski definition) is 0. The maximum absolute atomic E-state index is 12.1. The molecule has 0 saturated carbocycles. The molecule has 0 aliphatic carbocycles. The first kappa shape index (κ1) is 12.8. The van der Waals surface area contributed by atoms with Gasteiger partial charge in [0.25, 0.3) is 0 Å². The highest BCUT2D eigenvalue weighted by Crippen LogP contribution is 1.98. The van der Waals surface area contributed by atoms with Gasteiger partial charge in [-0.1, -0.05) is 31.5 Å². The van der Waals surface area contributed by atoms with Crippen LogP contribution in [0.3, 0.4) is 0 Å². The van der Waals surface area contributed by atoms with Crippen LogP contribution in [0.5, 0.6) is 0 Å². The fraction of sp³-hybridized carbons (Fsp3) is 0.333. The molecule has 0 amide bonds. The van der Waals surface area contributed by atoms with Crippen LogP contribution in [-0.4, -0.2) is 5.48 Å². The van der Waals surface area contributed by atoms with Crippen molar-refractivity contribution in [2.24, 2.45) is 0 Å². The number of benzene rings is 1. The summed E-state index contributed by atoms with van der Waals surface area (Å²) in [5.41, 5.74) is 1.09. The summed E-state index contributed by atoms with van der Waals surface area (Å²) >= 11 is 0. The summed E-state index contributed by atoms with van der Waals surface area (Å²) in [6.45, 7) is 5.93. The molecule has 1 aromatic rings. The van der Waals surface area contributed by atoms with E-state index in [1.165, 1.54) is 12.1 Å². The Morgan fingerprint density at radius 3 is 1.64 bits per heavy atom. The maximum atomic E-state index is 12.1. The van der Waals surface area contributed by atoms with Gasteiger partial charge >= 0.3 is 0 Å². The van der Waals surface area contributed by atoms with Crippen LogP contribution in [0.15, 0.2) is 24.3 Å². The SMILES string of the molecule is CC.Cc1ccc(F)cc1.O. The van der Waals surface area contributed by atoms with E-state index in [1.807, 2.05) is 20.8 Å². The molecule has 0 bridgehead atoms. The van der Waals surface area contributed by atoms with E-state index in [2.05, 4.69) is 0 Å². The summed E-state index contributed by atoms with van der Waals surface area (Å²) in [6.07, 6.45) is 0. The third kappa shape index (κ3) is 5.55. The largest absolute Gasteiger partial charge is 0.412 e. The highest BCUT2D eigenvalue weighted by Gasteiger charge is 1.83. The molecule has 0 spiro atoms. The van der Waals surface area contributed by atoms with Crippen LogP contribution in [0.25, 0.3) is 0 Å². The smallest absolute Gasteiger partial charge is 0.123 e. The fourth-order valence-corrected chi connectivity index (χ4v) is 0.533. The predicted molar refractivity (Wildman–Crippen MR) is 46.1 cm³/mol. The molecule has 1 nitrogen and oxygen atoms in total. The van der Waals surface area contributed by atoms with E-state index < -0.39 is 0 Å². The standard InChI is InChI=1S/C7H7F.C2H6.H2O/c1-6-2-4-7(8)5-3-6;1-2;/h2-5H,1H3;1-2H3;1H2. The minimum absolute atomic E-state index is 0. The quantitative estimate of drug-likeness (QED) is 0.555. The molecule has 0 heterocycles. The highest BCUT2D eigenvalue weighted by molar-refractivity contribution is 5.13. The summed E-state index contributed by atoms with van der Waals surface area (Å²) in [5, 5.41) is 0. The van der Waals surface area contributed by atoms with Crippen LogP contribution < -0.4 is 0 Å². The van der Waals surface area contributed by atoms with E-state index in [4.69, 9.17) is 0 Å². The van der Waals surface area contributed by atoms with E-state index in [1.54, 1.807) is 12.1 Å². The Kier molecular flexibility index (Phi) is 8.37. The van der Waals surface area contributed by atoms with Crippen molar-refractivity contribution in [1.29, 1.82) is 0 Å². The second-order valence-corrected chi connectivity index (χ2v) is 1.80. The van der Waals surface area contributed by atoms with Crippen molar-refractivity contribution < 1.29 is 9.87 Å². The van der Waals surface area contributed by atoms with Crippen molar-refractivity contribution in [1.82, 2.24) is 0 Å². The van der Waals surface area contributed by atoms with Gasteiger partial charge in [0.15, 0.2) is 0 Å². The Hall–Kier alpha value is -0.890. The zero-order valence-corrected chi connectivity index (χ0v) is 7.19. The summed E-state index contributed by atoms with van der Waals surface area (Å²) in [6, 6.07) is 6.40. The molecule has 0 aliphatic rings. The summed E-state index contributed by atoms with van der Waals surface area (Å²) < 4.78 is 12.1. The van der Waals surface area contributed by atoms with Crippen molar-refractivity contribution in [2.45, 2.75) is 20.8 Å². The van der Waals surface area contributed by atoms with Gasteiger partial charge in [-0.2, -0.15) is 0 Å². The van der Waals surface area contributed by atoms with E-state index in [-0.39, 0.29) is 11.3 Å².